The molecule has 2 unspecified atom stereocenters. The fourth-order valence-corrected chi connectivity index (χ4v) is 13.5. The number of hydrogen-bond acceptors (Lipinski definition) is 5. The van der Waals surface area contributed by atoms with Crippen LogP contribution in [-0.2, 0) is 9.84 Å². The quantitative estimate of drug-likeness (QED) is 0.160. The molecule has 8 nitrogen and oxygen atoms in total. The van der Waals surface area contributed by atoms with E-state index < -0.39 is 9.84 Å². The maximum absolute atomic E-state index is 14.2. The Hall–Kier alpha value is -9.04. The van der Waals surface area contributed by atoms with Crippen molar-refractivity contribution in [3.8, 4) is 40.4 Å². The zero-order valence-electron chi connectivity index (χ0n) is 37.8. The summed E-state index contributed by atoms with van der Waals surface area (Å²) in [6.45, 7) is 0.0467. The topological polar surface area (TPSA) is 91.2 Å². The largest absolute Gasteiger partial charge is 0.487 e. The van der Waals surface area contributed by atoms with E-state index in [1.165, 1.54) is 12.1 Å². The minimum absolute atomic E-state index is 0.0172. The number of para-hydroxylation sites is 5. The number of fused-ring (bicyclic) bond motifs is 16. The molecule has 71 heavy (non-hydrogen) atoms. The number of nitriles is 1. The molecule has 0 saturated carbocycles. The second kappa shape index (κ2) is 14.7. The highest BCUT2D eigenvalue weighted by molar-refractivity contribution is 7.91. The molecule has 5 heterocycles. The van der Waals surface area contributed by atoms with Crippen LogP contribution >= 0.6 is 0 Å². The van der Waals surface area contributed by atoms with Gasteiger partial charge in [-0.25, -0.2) is 8.42 Å². The highest BCUT2D eigenvalue weighted by Crippen LogP contribution is 2.51. The van der Waals surface area contributed by atoms with Crippen molar-refractivity contribution in [2.45, 2.75) is 21.7 Å². The molecular weight excluding hydrogens is 896 g/mol. The van der Waals surface area contributed by atoms with Gasteiger partial charge in [0.05, 0.1) is 54.1 Å². The van der Waals surface area contributed by atoms with Crippen LogP contribution in [0.15, 0.2) is 222 Å². The summed E-state index contributed by atoms with van der Waals surface area (Å²) in [5.74, 6) is 2.54. The van der Waals surface area contributed by atoms with E-state index in [1.54, 1.807) is 24.3 Å². The van der Waals surface area contributed by atoms with E-state index in [-0.39, 0.29) is 34.0 Å². The third-order valence-corrected chi connectivity index (χ3v) is 16.8. The monoisotopic (exact) mass is 932 g/mol. The normalized spacial score (nSPS) is 15.8. The smallest absolute Gasteiger partial charge is 0.234 e. The van der Waals surface area contributed by atoms with E-state index in [2.05, 4.69) is 178 Å². The lowest BCUT2D eigenvalue weighted by Crippen LogP contribution is -2.56. The van der Waals surface area contributed by atoms with E-state index in [0.717, 1.165) is 111 Å². The molecular formula is C61H37BN4O4S. The number of rotatable bonds is 5. The van der Waals surface area contributed by atoms with E-state index in [1.807, 2.05) is 18.2 Å². The predicted molar refractivity (Wildman–Crippen MR) is 284 cm³/mol. The van der Waals surface area contributed by atoms with Crippen LogP contribution in [0.1, 0.15) is 5.56 Å². The molecule has 0 saturated heterocycles. The SMILES string of the molecule is N#Cc1ccccc1S(=O)(=O)c1ccc(-n2c3ccccc3c3c2c2c4ccccc4n(-c4ccccc4)c2c2c4ccccc4n(-c4cc5c6c(c4)OC4C=CC=CC4B6c4ccccc4O5)c23)cc1. The predicted octanol–water partition coefficient (Wildman–Crippen LogP) is 12.7. The van der Waals surface area contributed by atoms with Gasteiger partial charge >= 0.3 is 0 Å². The van der Waals surface area contributed by atoms with Crippen LogP contribution in [0.4, 0.5) is 0 Å². The van der Waals surface area contributed by atoms with Crippen LogP contribution in [-0.4, -0.2) is 34.9 Å². The molecule has 0 spiro atoms. The Bertz CT molecular complexity index is 4520. The Balaban J connectivity index is 1.10. The van der Waals surface area contributed by atoms with Gasteiger partial charge in [0.1, 0.15) is 29.4 Å². The Morgan fingerprint density at radius 2 is 1.03 bits per heavy atom. The van der Waals surface area contributed by atoms with Crippen LogP contribution in [0.3, 0.4) is 0 Å². The van der Waals surface area contributed by atoms with Crippen LogP contribution in [0, 0.1) is 11.3 Å². The molecule has 0 bridgehead atoms. The first-order chi connectivity index (χ1) is 35.0. The Labute approximate surface area is 407 Å². The summed E-state index contributed by atoms with van der Waals surface area (Å²) in [6, 6.07) is 64.7. The number of allylic oxidation sites excluding steroid dienone is 2. The average Bonchev–Trinajstić information content (AvgIpc) is 4.07. The molecule has 1 aliphatic carbocycles. The molecule has 0 N–H and O–H groups in total. The molecule has 0 fully saturated rings. The fourth-order valence-electron chi connectivity index (χ4n) is 12.1. The van der Waals surface area contributed by atoms with Gasteiger partial charge < -0.3 is 23.2 Å². The molecule has 3 aliphatic rings. The molecule has 9 aromatic carbocycles. The molecule has 334 valence electrons. The summed E-state index contributed by atoms with van der Waals surface area (Å²) in [7, 11) is -4.02. The summed E-state index contributed by atoms with van der Waals surface area (Å²) in [6.07, 6.45) is 8.50. The summed E-state index contributed by atoms with van der Waals surface area (Å²) in [5, 5.41) is 16.3. The number of benzene rings is 9. The van der Waals surface area contributed by atoms with E-state index in [9.17, 15) is 13.7 Å². The number of sulfone groups is 1. The minimum atomic E-state index is -4.02. The summed E-state index contributed by atoms with van der Waals surface area (Å²) < 4.78 is 49.5. The summed E-state index contributed by atoms with van der Waals surface area (Å²) in [4.78, 5) is 0.0891. The van der Waals surface area contributed by atoms with Crippen molar-refractivity contribution >= 4 is 92.9 Å². The fraction of sp³-hybridized carbons (Fsp3) is 0.0328. The molecule has 10 heteroatoms. The average molecular weight is 933 g/mol. The standard InChI is InChI=1S/C61H37BN4O4S/c63-36-37-16-4-15-29-54(37)71(67,68)41-32-30-39(31-33-41)65-48-25-11-6-20-43(48)56-60(65)55-42-19-5-10-24-47(42)64(38-17-2-1-3-18-38)59(55)57-44-21-7-12-26-49(44)66(61(56)57)40-34-52-58-53(35-40)70-51-28-14-9-23-46(51)62(58)45-22-8-13-27-50(45)69-52/h1-35,45,50H. The van der Waals surface area contributed by atoms with Crippen molar-refractivity contribution in [1.82, 2.24) is 13.7 Å². The number of hydrogen-bond donors (Lipinski definition) is 0. The van der Waals surface area contributed by atoms with Crippen LogP contribution in [0.5, 0.6) is 17.2 Å². The Morgan fingerprint density at radius 3 is 1.68 bits per heavy atom. The van der Waals surface area contributed by atoms with Gasteiger partial charge in [0, 0.05) is 67.1 Å². The third-order valence-electron chi connectivity index (χ3n) is 15.0. The zero-order valence-corrected chi connectivity index (χ0v) is 38.6. The van der Waals surface area contributed by atoms with Gasteiger partial charge in [0.15, 0.2) is 0 Å². The molecule has 2 atom stereocenters. The Morgan fingerprint density at radius 1 is 0.507 bits per heavy atom. The summed E-state index contributed by atoms with van der Waals surface area (Å²) >= 11 is 0. The first-order valence-electron chi connectivity index (χ1n) is 23.8. The van der Waals surface area contributed by atoms with Gasteiger partial charge in [0.2, 0.25) is 16.6 Å². The van der Waals surface area contributed by atoms with E-state index >= 15 is 0 Å². The first kappa shape index (κ1) is 39.9. The molecule has 0 amide bonds. The van der Waals surface area contributed by atoms with Crippen LogP contribution < -0.4 is 20.4 Å². The lowest BCUT2D eigenvalue weighted by atomic mass is 9.30. The summed E-state index contributed by atoms with van der Waals surface area (Å²) in [5.41, 5.74) is 11.1. The molecule has 0 radical (unpaired) electrons. The highest BCUT2D eigenvalue weighted by atomic mass is 32.2. The Kier molecular flexibility index (Phi) is 8.28. The van der Waals surface area contributed by atoms with Crippen LogP contribution in [0.25, 0.3) is 82.5 Å². The van der Waals surface area contributed by atoms with Gasteiger partial charge in [-0.1, -0.05) is 121 Å². The van der Waals surface area contributed by atoms with Crippen molar-refractivity contribution in [2.24, 2.45) is 0 Å². The number of aromatic nitrogens is 3. The van der Waals surface area contributed by atoms with E-state index in [4.69, 9.17) is 9.47 Å². The van der Waals surface area contributed by atoms with Crippen LogP contribution in [0.2, 0.25) is 5.82 Å². The third kappa shape index (κ3) is 5.46. The molecule has 3 aromatic heterocycles. The van der Waals surface area contributed by atoms with Crippen molar-refractivity contribution in [3.05, 3.63) is 218 Å². The van der Waals surface area contributed by atoms with Gasteiger partial charge in [-0.3, -0.25) is 0 Å². The lowest BCUT2D eigenvalue weighted by molar-refractivity contribution is 0.245. The molecule has 15 rings (SSSR count). The van der Waals surface area contributed by atoms with Gasteiger partial charge in [-0.2, -0.15) is 5.26 Å². The zero-order chi connectivity index (χ0) is 47.1. The van der Waals surface area contributed by atoms with Crippen molar-refractivity contribution in [2.75, 3.05) is 0 Å². The first-order valence-corrected chi connectivity index (χ1v) is 25.2. The molecule has 12 aromatic rings. The second-order valence-corrected chi connectivity index (χ2v) is 20.5. The maximum atomic E-state index is 14.2. The maximum Gasteiger partial charge on any atom is 0.234 e. The van der Waals surface area contributed by atoms with Crippen molar-refractivity contribution < 1.29 is 17.9 Å². The molecule has 2 aliphatic heterocycles. The lowest BCUT2D eigenvalue weighted by Gasteiger charge is -2.40. The second-order valence-electron chi connectivity index (χ2n) is 18.6. The minimum Gasteiger partial charge on any atom is -0.487 e. The van der Waals surface area contributed by atoms with Gasteiger partial charge in [-0.15, -0.1) is 0 Å². The number of ether oxygens (including phenoxy) is 2. The van der Waals surface area contributed by atoms with Crippen molar-refractivity contribution in [1.29, 1.82) is 5.26 Å². The van der Waals surface area contributed by atoms with Gasteiger partial charge in [-0.05, 0) is 84.3 Å². The van der Waals surface area contributed by atoms with Gasteiger partial charge in [0.25, 0.3) is 0 Å². The van der Waals surface area contributed by atoms with E-state index in [0.29, 0.717) is 0 Å². The number of nitrogens with zero attached hydrogens (tertiary/aromatic N) is 4. The highest BCUT2D eigenvalue weighted by Gasteiger charge is 2.46. The van der Waals surface area contributed by atoms with Crippen molar-refractivity contribution in [3.63, 3.8) is 0 Å².